The van der Waals surface area contributed by atoms with Crippen LogP contribution in [-0.4, -0.2) is 46.3 Å². The van der Waals surface area contributed by atoms with Gasteiger partial charge in [0.05, 0.1) is 23.7 Å². The number of nitrogens with one attached hydrogen (secondary N) is 2. The molecule has 4 rings (SSSR count). The van der Waals surface area contributed by atoms with Crippen molar-refractivity contribution < 1.29 is 51.7 Å². The summed E-state index contributed by atoms with van der Waals surface area (Å²) in [5.41, 5.74) is 1.84. The van der Waals surface area contributed by atoms with Crippen molar-refractivity contribution in [2.75, 3.05) is 5.32 Å². The van der Waals surface area contributed by atoms with Crippen LogP contribution in [0, 0.1) is 0 Å². The van der Waals surface area contributed by atoms with Crippen LogP contribution in [0.15, 0.2) is 36.4 Å². The lowest BCUT2D eigenvalue weighted by molar-refractivity contribution is -0.130. The second kappa shape index (κ2) is 12.3. The van der Waals surface area contributed by atoms with E-state index in [1.807, 2.05) is 0 Å². The molecule has 2 aromatic carbocycles. The molecule has 1 unspecified atom stereocenters. The normalized spacial score (nSPS) is 14.5. The fourth-order valence-electron chi connectivity index (χ4n) is 3.60. The van der Waals surface area contributed by atoms with Crippen molar-refractivity contribution in [3.8, 4) is 11.5 Å². The molecule has 2 aromatic rings. The van der Waals surface area contributed by atoms with Crippen LogP contribution in [0.1, 0.15) is 53.2 Å². The Bertz CT molecular complexity index is 1140. The summed E-state index contributed by atoms with van der Waals surface area (Å²) in [6.45, 7) is -6.83. The monoisotopic (exact) mass is 529 g/mol. The van der Waals surface area contributed by atoms with Crippen LogP contribution in [0.3, 0.4) is 0 Å². The first-order valence-corrected chi connectivity index (χ1v) is 11.0. The van der Waals surface area contributed by atoms with E-state index in [0.717, 1.165) is 23.1 Å². The third kappa shape index (κ3) is 7.46. The topological polar surface area (TPSA) is 137 Å². The van der Waals surface area contributed by atoms with Gasteiger partial charge in [-0.05, 0) is 29.3 Å². The number of rotatable bonds is 9. The molecule has 37 heavy (non-hydrogen) atoms. The molecular formula is C23H23F4N3O7. The molecule has 10 nitrogen and oxygen atoms in total. The third-order valence-corrected chi connectivity index (χ3v) is 5.23. The average molecular weight is 529 g/mol. The molecular weight excluding hydrogens is 506 g/mol. The molecule has 1 saturated carbocycles. The Labute approximate surface area is 207 Å². The number of carbonyl (C=O) groups excluding carboxylic acids is 2. The van der Waals surface area contributed by atoms with Crippen LogP contribution in [0.2, 0.25) is 0 Å². The third-order valence-electron chi connectivity index (χ3n) is 5.23. The fraction of sp³-hybridized carbons (Fsp3) is 0.348. The summed E-state index contributed by atoms with van der Waals surface area (Å²) in [6.07, 6.45) is 2.53. The van der Waals surface area contributed by atoms with E-state index >= 15 is 0 Å². The maximum atomic E-state index is 13.2. The van der Waals surface area contributed by atoms with Gasteiger partial charge >= 0.3 is 19.3 Å². The summed E-state index contributed by atoms with van der Waals surface area (Å²) >= 11 is 0. The van der Waals surface area contributed by atoms with Crippen LogP contribution in [0.25, 0.3) is 0 Å². The van der Waals surface area contributed by atoms with Gasteiger partial charge in [-0.3, -0.25) is 20.1 Å². The standard InChI is InChI=1S/C20H17F4N3O7.C3H6/c21-18(22)33-13-5-4-9(6-14(13)34-19(23)24)12(7-15(28)26-32)27-8-10-2-1-3-11(25-20(30)31)16(10)17(27)29;1-2-3-1/h1-6,12,18-19,25,32H,7-8H2,(H,26,28)(H,30,31);1-3H2. The first-order valence-electron chi connectivity index (χ1n) is 11.0. The van der Waals surface area contributed by atoms with Gasteiger partial charge in [0.25, 0.3) is 5.91 Å². The smallest absolute Gasteiger partial charge is 0.409 e. The molecule has 0 saturated heterocycles. The van der Waals surface area contributed by atoms with Gasteiger partial charge in [-0.2, -0.15) is 17.6 Å². The lowest BCUT2D eigenvalue weighted by atomic mass is 10.0. The van der Waals surface area contributed by atoms with Crippen molar-refractivity contribution in [3.05, 3.63) is 53.1 Å². The molecule has 1 aliphatic carbocycles. The number of benzene rings is 2. The lowest BCUT2D eigenvalue weighted by Crippen LogP contribution is -2.33. The Morgan fingerprint density at radius 1 is 1.00 bits per heavy atom. The van der Waals surface area contributed by atoms with Crippen LogP contribution in [-0.2, 0) is 11.3 Å². The molecule has 4 N–H and O–H groups in total. The first kappa shape index (κ1) is 27.5. The van der Waals surface area contributed by atoms with Crippen molar-refractivity contribution in [3.63, 3.8) is 0 Å². The maximum Gasteiger partial charge on any atom is 0.409 e. The Balaban J connectivity index is 0.00000118. The number of carboxylic acid groups (broad SMARTS) is 1. The summed E-state index contributed by atoms with van der Waals surface area (Å²) in [5.74, 6) is -3.10. The number of anilines is 1. The van der Waals surface area contributed by atoms with Crippen molar-refractivity contribution in [2.45, 2.75) is 51.5 Å². The average Bonchev–Trinajstić information content (AvgIpc) is 3.67. The maximum absolute atomic E-state index is 13.2. The van der Waals surface area contributed by atoms with E-state index in [-0.39, 0.29) is 23.4 Å². The highest BCUT2D eigenvalue weighted by molar-refractivity contribution is 6.06. The quantitative estimate of drug-likeness (QED) is 0.209. The molecule has 1 heterocycles. The number of hydrogen-bond acceptors (Lipinski definition) is 6. The Hall–Kier alpha value is -4.07. The molecule has 200 valence electrons. The second-order valence-corrected chi connectivity index (χ2v) is 7.98. The molecule has 0 aromatic heterocycles. The highest BCUT2D eigenvalue weighted by atomic mass is 19.3. The van der Waals surface area contributed by atoms with Crippen molar-refractivity contribution in [2.24, 2.45) is 0 Å². The molecule has 1 fully saturated rings. The van der Waals surface area contributed by atoms with E-state index in [1.165, 1.54) is 36.9 Å². The number of carbonyl (C=O) groups is 3. The predicted octanol–water partition coefficient (Wildman–Crippen LogP) is 4.74. The Morgan fingerprint density at radius 3 is 2.22 bits per heavy atom. The molecule has 1 aliphatic heterocycles. The van der Waals surface area contributed by atoms with Gasteiger partial charge in [0, 0.05) is 6.54 Å². The molecule has 1 atom stereocenters. The number of nitrogens with zero attached hydrogens (tertiary/aromatic N) is 1. The highest BCUT2D eigenvalue weighted by Gasteiger charge is 2.37. The molecule has 3 amide bonds. The lowest BCUT2D eigenvalue weighted by Gasteiger charge is -2.28. The highest BCUT2D eigenvalue weighted by Crippen LogP contribution is 2.40. The van der Waals surface area contributed by atoms with E-state index < -0.39 is 55.1 Å². The number of alkyl halides is 4. The zero-order valence-corrected chi connectivity index (χ0v) is 19.1. The van der Waals surface area contributed by atoms with Crippen LogP contribution < -0.4 is 20.3 Å². The van der Waals surface area contributed by atoms with Gasteiger partial charge in [0.2, 0.25) is 5.91 Å². The Morgan fingerprint density at radius 2 is 1.65 bits per heavy atom. The van der Waals surface area contributed by atoms with Gasteiger partial charge in [0.1, 0.15) is 0 Å². The molecule has 0 spiro atoms. The number of fused-ring (bicyclic) bond motifs is 1. The van der Waals surface area contributed by atoms with E-state index in [2.05, 4.69) is 14.8 Å². The number of amides is 3. The number of hydrogen-bond donors (Lipinski definition) is 4. The molecule has 14 heteroatoms. The van der Waals surface area contributed by atoms with Gasteiger partial charge in [-0.1, -0.05) is 37.5 Å². The SMILES string of the molecule is C1CC1.O=C(O)Nc1cccc2c1C(=O)N(C(CC(=O)NO)c1ccc(OC(F)F)c(OC(F)F)c1)C2. The van der Waals surface area contributed by atoms with E-state index in [0.29, 0.717) is 5.56 Å². The zero-order valence-electron chi connectivity index (χ0n) is 19.1. The van der Waals surface area contributed by atoms with Gasteiger partial charge in [-0.25, -0.2) is 10.3 Å². The van der Waals surface area contributed by atoms with E-state index in [9.17, 15) is 31.9 Å². The first-order chi connectivity index (χ1) is 17.6. The minimum absolute atomic E-state index is 0.00902. The fourth-order valence-corrected chi connectivity index (χ4v) is 3.60. The summed E-state index contributed by atoms with van der Waals surface area (Å²) in [6, 6.07) is 6.20. The van der Waals surface area contributed by atoms with Crippen LogP contribution in [0.5, 0.6) is 11.5 Å². The van der Waals surface area contributed by atoms with Crippen LogP contribution >= 0.6 is 0 Å². The summed E-state index contributed by atoms with van der Waals surface area (Å²) < 4.78 is 59.4. The zero-order chi connectivity index (χ0) is 27.1. The van der Waals surface area contributed by atoms with Gasteiger partial charge in [-0.15, -0.1) is 0 Å². The van der Waals surface area contributed by atoms with E-state index in [1.54, 1.807) is 6.07 Å². The van der Waals surface area contributed by atoms with E-state index in [4.69, 9.17) is 10.3 Å². The predicted molar refractivity (Wildman–Crippen MR) is 119 cm³/mol. The molecule has 2 aliphatic rings. The second-order valence-electron chi connectivity index (χ2n) is 7.98. The molecule has 0 bridgehead atoms. The van der Waals surface area contributed by atoms with Gasteiger partial charge < -0.3 is 19.5 Å². The largest absolute Gasteiger partial charge is 0.465 e. The van der Waals surface area contributed by atoms with Crippen molar-refractivity contribution >= 4 is 23.6 Å². The van der Waals surface area contributed by atoms with Crippen molar-refractivity contribution in [1.29, 1.82) is 0 Å². The summed E-state index contributed by atoms with van der Waals surface area (Å²) in [4.78, 5) is 37.4. The number of halogens is 4. The number of ether oxygens (including phenoxy) is 2. The molecule has 0 radical (unpaired) electrons. The van der Waals surface area contributed by atoms with Gasteiger partial charge in [0.15, 0.2) is 11.5 Å². The summed E-state index contributed by atoms with van der Waals surface area (Å²) in [5, 5.41) is 20.1. The minimum atomic E-state index is -3.39. The number of hydroxylamine groups is 1. The summed E-state index contributed by atoms with van der Waals surface area (Å²) in [7, 11) is 0. The minimum Gasteiger partial charge on any atom is -0.465 e. The van der Waals surface area contributed by atoms with Crippen molar-refractivity contribution in [1.82, 2.24) is 10.4 Å². The Kier molecular flexibility index (Phi) is 9.11. The van der Waals surface area contributed by atoms with Crippen LogP contribution in [0.4, 0.5) is 28.0 Å².